The van der Waals surface area contributed by atoms with Crippen LogP contribution in [0.5, 0.6) is 0 Å². The second-order valence-electron chi connectivity index (χ2n) is 3.95. The Labute approximate surface area is 107 Å². The number of ether oxygens (including phenoxy) is 1. The van der Waals surface area contributed by atoms with Crippen LogP contribution in [0.25, 0.3) is 0 Å². The molecule has 2 aromatic rings. The van der Waals surface area contributed by atoms with Gasteiger partial charge in [0.15, 0.2) is 0 Å². The van der Waals surface area contributed by atoms with Crippen molar-refractivity contribution >= 4 is 17.4 Å². The second-order valence-corrected chi connectivity index (χ2v) is 4.62. The average Bonchev–Trinajstić information content (AvgIpc) is 3.11. The summed E-state index contributed by atoms with van der Waals surface area (Å²) in [4.78, 5) is 11.9. The molecule has 1 fully saturated rings. The molecule has 0 radical (unpaired) electrons. The lowest BCUT2D eigenvalue weighted by Gasteiger charge is -2.18. The van der Waals surface area contributed by atoms with Gasteiger partial charge in [-0.3, -0.25) is 4.79 Å². The van der Waals surface area contributed by atoms with Crippen LogP contribution in [-0.4, -0.2) is 44.5 Å². The van der Waals surface area contributed by atoms with Crippen molar-refractivity contribution in [2.75, 3.05) is 13.2 Å². The highest BCUT2D eigenvalue weighted by Gasteiger charge is 2.32. The first-order valence-electron chi connectivity index (χ1n) is 5.49. The minimum absolute atomic E-state index is 0.0184. The van der Waals surface area contributed by atoms with Crippen molar-refractivity contribution < 1.29 is 9.53 Å². The Morgan fingerprint density at radius 2 is 2.50 bits per heavy atom. The molecule has 0 aliphatic carbocycles. The third-order valence-electron chi connectivity index (χ3n) is 2.82. The molecule has 2 atom stereocenters. The van der Waals surface area contributed by atoms with Gasteiger partial charge in [-0.15, -0.1) is 5.10 Å². The van der Waals surface area contributed by atoms with Gasteiger partial charge in [-0.05, 0) is 17.6 Å². The molecule has 18 heavy (non-hydrogen) atoms. The molecule has 1 aliphatic heterocycles. The maximum absolute atomic E-state index is 11.9. The summed E-state index contributed by atoms with van der Waals surface area (Å²) in [5.41, 5.74) is 0.434. The molecular formula is C10H11N5O2S. The number of nitrogens with zero attached hydrogens (tertiary/aromatic N) is 4. The van der Waals surface area contributed by atoms with Crippen molar-refractivity contribution in [3.8, 4) is 0 Å². The molecule has 0 unspecified atom stereocenters. The minimum atomic E-state index is -0.183. The van der Waals surface area contributed by atoms with Crippen molar-refractivity contribution in [3.63, 3.8) is 0 Å². The summed E-state index contributed by atoms with van der Waals surface area (Å²) in [6, 6.07) is 1.57. The van der Waals surface area contributed by atoms with E-state index in [1.807, 2.05) is 0 Å². The van der Waals surface area contributed by atoms with E-state index in [2.05, 4.69) is 20.0 Å². The van der Waals surface area contributed by atoms with Crippen LogP contribution in [0.15, 0.2) is 23.8 Å². The lowest BCUT2D eigenvalue weighted by molar-refractivity contribution is 0.0921. The van der Waals surface area contributed by atoms with Crippen LogP contribution >= 0.6 is 11.5 Å². The fraction of sp³-hybridized carbons (Fsp3) is 0.400. The second kappa shape index (κ2) is 4.83. The summed E-state index contributed by atoms with van der Waals surface area (Å²) >= 11 is 1.25. The van der Waals surface area contributed by atoms with Crippen LogP contribution in [0.2, 0.25) is 0 Å². The van der Waals surface area contributed by atoms with Gasteiger partial charge < -0.3 is 10.1 Å². The molecule has 1 amide bonds. The van der Waals surface area contributed by atoms with E-state index in [1.54, 1.807) is 28.5 Å². The molecule has 0 bridgehead atoms. The van der Waals surface area contributed by atoms with Crippen LogP contribution in [0, 0.1) is 0 Å². The molecule has 0 spiro atoms. The number of hydrogen-bond acceptors (Lipinski definition) is 6. The van der Waals surface area contributed by atoms with Gasteiger partial charge in [0.2, 0.25) is 0 Å². The summed E-state index contributed by atoms with van der Waals surface area (Å²) in [7, 11) is 0. The van der Waals surface area contributed by atoms with Crippen LogP contribution in [0.1, 0.15) is 16.5 Å². The SMILES string of the molecule is O=C(N[C@H]1COC[C@H]1n1ccnn1)c1ccsn1. The number of carbonyl (C=O) groups excluding carboxylic acids is 1. The predicted molar refractivity (Wildman–Crippen MR) is 63.2 cm³/mol. The number of rotatable bonds is 3. The van der Waals surface area contributed by atoms with Crippen LogP contribution in [0.4, 0.5) is 0 Å². The van der Waals surface area contributed by atoms with Crippen LogP contribution in [0.3, 0.4) is 0 Å². The van der Waals surface area contributed by atoms with Gasteiger partial charge in [0, 0.05) is 11.6 Å². The first-order valence-corrected chi connectivity index (χ1v) is 6.33. The molecule has 1 saturated heterocycles. The quantitative estimate of drug-likeness (QED) is 0.851. The van der Waals surface area contributed by atoms with Crippen molar-refractivity contribution in [3.05, 3.63) is 29.5 Å². The molecule has 0 saturated carbocycles. The summed E-state index contributed by atoms with van der Waals surface area (Å²) in [5.74, 6) is -0.183. The van der Waals surface area contributed by atoms with Crippen molar-refractivity contribution in [1.29, 1.82) is 0 Å². The first-order chi connectivity index (χ1) is 8.84. The van der Waals surface area contributed by atoms with Gasteiger partial charge >= 0.3 is 0 Å². The van der Waals surface area contributed by atoms with Crippen molar-refractivity contribution in [2.45, 2.75) is 12.1 Å². The third-order valence-corrected chi connectivity index (χ3v) is 3.38. The Hall–Kier alpha value is -1.80. The van der Waals surface area contributed by atoms with E-state index in [-0.39, 0.29) is 18.0 Å². The largest absolute Gasteiger partial charge is 0.377 e. The van der Waals surface area contributed by atoms with Gasteiger partial charge in [0.05, 0.1) is 31.5 Å². The molecule has 3 heterocycles. The maximum atomic E-state index is 11.9. The summed E-state index contributed by atoms with van der Waals surface area (Å²) in [5, 5.41) is 12.4. The highest BCUT2D eigenvalue weighted by atomic mass is 32.1. The highest BCUT2D eigenvalue weighted by molar-refractivity contribution is 7.03. The monoisotopic (exact) mass is 265 g/mol. The molecule has 8 heteroatoms. The number of aromatic nitrogens is 4. The predicted octanol–water partition coefficient (Wildman–Crippen LogP) is 0.104. The minimum Gasteiger partial charge on any atom is -0.377 e. The van der Waals surface area contributed by atoms with E-state index >= 15 is 0 Å². The number of amides is 1. The third kappa shape index (κ3) is 2.12. The molecule has 2 aromatic heterocycles. The van der Waals surface area contributed by atoms with Gasteiger partial charge in [0.25, 0.3) is 5.91 Å². The van der Waals surface area contributed by atoms with Crippen LogP contribution in [-0.2, 0) is 4.74 Å². The zero-order valence-electron chi connectivity index (χ0n) is 9.39. The molecule has 3 rings (SSSR count). The molecular weight excluding hydrogens is 254 g/mol. The lowest BCUT2D eigenvalue weighted by atomic mass is 10.1. The van der Waals surface area contributed by atoms with E-state index in [0.29, 0.717) is 18.9 Å². The van der Waals surface area contributed by atoms with E-state index < -0.39 is 0 Å². The zero-order valence-corrected chi connectivity index (χ0v) is 10.2. The molecule has 1 aliphatic rings. The van der Waals surface area contributed by atoms with E-state index in [9.17, 15) is 4.79 Å². The summed E-state index contributed by atoms with van der Waals surface area (Å²) < 4.78 is 11.1. The zero-order chi connectivity index (χ0) is 12.4. The van der Waals surface area contributed by atoms with E-state index in [4.69, 9.17) is 4.74 Å². The highest BCUT2D eigenvalue weighted by Crippen LogP contribution is 2.18. The van der Waals surface area contributed by atoms with Crippen LogP contribution < -0.4 is 5.32 Å². The number of nitrogens with one attached hydrogen (secondary N) is 1. The fourth-order valence-corrected chi connectivity index (χ4v) is 2.42. The molecule has 1 N–H and O–H groups in total. The summed E-state index contributed by atoms with van der Waals surface area (Å²) in [6.45, 7) is 0.992. The van der Waals surface area contributed by atoms with Gasteiger partial charge in [-0.25, -0.2) is 4.68 Å². The van der Waals surface area contributed by atoms with Gasteiger partial charge in [-0.1, -0.05) is 5.21 Å². The summed E-state index contributed by atoms with van der Waals surface area (Å²) in [6.07, 6.45) is 3.37. The van der Waals surface area contributed by atoms with Gasteiger partial charge in [-0.2, -0.15) is 4.37 Å². The maximum Gasteiger partial charge on any atom is 0.271 e. The van der Waals surface area contributed by atoms with Gasteiger partial charge in [0.1, 0.15) is 5.69 Å². The lowest BCUT2D eigenvalue weighted by Crippen LogP contribution is -2.41. The Kier molecular flexibility index (Phi) is 3.03. The van der Waals surface area contributed by atoms with E-state index in [0.717, 1.165) is 0 Å². The number of hydrogen-bond donors (Lipinski definition) is 1. The Bertz CT molecular complexity index is 512. The normalized spacial score (nSPS) is 23.1. The fourth-order valence-electron chi connectivity index (χ4n) is 1.91. The standard InChI is InChI=1S/C10H11N5O2S/c16-10(7-1-4-18-13-7)12-8-5-17-6-9(8)15-3-2-11-14-15/h1-4,8-9H,5-6H2,(H,12,16)/t8-,9+/m0/s1. The Balaban J connectivity index is 1.70. The molecule has 7 nitrogen and oxygen atoms in total. The molecule has 0 aromatic carbocycles. The van der Waals surface area contributed by atoms with Crippen molar-refractivity contribution in [2.24, 2.45) is 0 Å². The topological polar surface area (TPSA) is 81.9 Å². The smallest absolute Gasteiger partial charge is 0.271 e. The Morgan fingerprint density at radius 3 is 3.22 bits per heavy atom. The average molecular weight is 265 g/mol. The van der Waals surface area contributed by atoms with Crippen molar-refractivity contribution in [1.82, 2.24) is 24.7 Å². The number of carbonyl (C=O) groups is 1. The Morgan fingerprint density at radius 1 is 1.56 bits per heavy atom. The molecule has 94 valence electrons. The van der Waals surface area contributed by atoms with E-state index in [1.165, 1.54) is 11.5 Å². The first kappa shape index (κ1) is 11.3.